The Morgan fingerprint density at radius 1 is 1.85 bits per heavy atom. The Morgan fingerprint density at radius 2 is 2.54 bits per heavy atom. The molecule has 72 valence electrons. The lowest BCUT2D eigenvalue weighted by Crippen LogP contribution is -2.36. The van der Waals surface area contributed by atoms with Crippen molar-refractivity contribution >= 4 is 21.8 Å². The maximum Gasteiger partial charge on any atom is 0.271 e. The molecule has 1 aromatic heterocycles. The van der Waals surface area contributed by atoms with Crippen LogP contribution in [0.1, 0.15) is 17.4 Å². The van der Waals surface area contributed by atoms with E-state index in [2.05, 4.69) is 26.1 Å². The van der Waals surface area contributed by atoms with Crippen molar-refractivity contribution in [1.29, 1.82) is 0 Å². The van der Waals surface area contributed by atoms with Crippen molar-refractivity contribution < 1.29 is 4.79 Å². The molecule has 0 saturated carbocycles. The van der Waals surface area contributed by atoms with Crippen LogP contribution in [0.2, 0.25) is 0 Å². The van der Waals surface area contributed by atoms with E-state index < -0.39 is 0 Å². The third-order valence-corrected chi connectivity index (χ3v) is 2.87. The molecule has 1 atom stereocenters. The minimum Gasteiger partial charge on any atom is -0.337 e. The minimum absolute atomic E-state index is 0.0375. The summed E-state index contributed by atoms with van der Waals surface area (Å²) in [5.74, 6) is -0.0375. The fourth-order valence-electron chi connectivity index (χ4n) is 0.869. The first-order chi connectivity index (χ1) is 6.16. The first-order valence-corrected chi connectivity index (χ1v) is 5.11. The maximum absolute atomic E-state index is 11.6. The van der Waals surface area contributed by atoms with Crippen molar-refractivity contribution in [3.63, 3.8) is 0 Å². The molecule has 1 rings (SSSR count). The Morgan fingerprint density at radius 3 is 3.00 bits per heavy atom. The lowest BCUT2D eigenvalue weighted by Gasteiger charge is -2.22. The summed E-state index contributed by atoms with van der Waals surface area (Å²) in [6.07, 6.45) is 1.57. The normalized spacial score (nSPS) is 12.5. The number of aromatic amines is 1. The van der Waals surface area contributed by atoms with E-state index in [1.54, 1.807) is 24.2 Å². The van der Waals surface area contributed by atoms with Crippen LogP contribution in [0.5, 0.6) is 0 Å². The molecule has 1 amide bonds. The largest absolute Gasteiger partial charge is 0.337 e. The van der Waals surface area contributed by atoms with E-state index in [1.807, 2.05) is 6.92 Å². The van der Waals surface area contributed by atoms with E-state index in [0.29, 0.717) is 5.69 Å². The van der Waals surface area contributed by atoms with Gasteiger partial charge < -0.3 is 4.90 Å². The van der Waals surface area contributed by atoms with Gasteiger partial charge in [0.15, 0.2) is 0 Å². The quantitative estimate of drug-likeness (QED) is 0.816. The second kappa shape index (κ2) is 4.41. The molecule has 13 heavy (non-hydrogen) atoms. The predicted molar refractivity (Wildman–Crippen MR) is 53.9 cm³/mol. The third kappa shape index (κ3) is 2.30. The molecule has 1 aromatic rings. The molecular formula is C8H12BrN3O. The SMILES string of the molecule is CC(CBr)N(C)C(=O)c1ccn[nH]1. The van der Waals surface area contributed by atoms with E-state index in [0.717, 1.165) is 5.33 Å². The molecule has 0 fully saturated rings. The van der Waals surface area contributed by atoms with Crippen molar-refractivity contribution in [2.24, 2.45) is 0 Å². The number of nitrogens with zero attached hydrogens (tertiary/aromatic N) is 2. The molecule has 0 aliphatic carbocycles. The molecule has 1 N–H and O–H groups in total. The summed E-state index contributed by atoms with van der Waals surface area (Å²) in [5.41, 5.74) is 0.523. The Kier molecular flexibility index (Phi) is 3.48. The Bertz CT molecular complexity index is 273. The van der Waals surface area contributed by atoms with Gasteiger partial charge >= 0.3 is 0 Å². The van der Waals surface area contributed by atoms with E-state index in [4.69, 9.17) is 0 Å². The van der Waals surface area contributed by atoms with Gasteiger partial charge in [-0.05, 0) is 13.0 Å². The summed E-state index contributed by atoms with van der Waals surface area (Å²) < 4.78 is 0. The van der Waals surface area contributed by atoms with Crippen LogP contribution in [0.4, 0.5) is 0 Å². The van der Waals surface area contributed by atoms with E-state index >= 15 is 0 Å². The molecule has 1 unspecified atom stereocenters. The van der Waals surface area contributed by atoms with Gasteiger partial charge in [-0.2, -0.15) is 5.10 Å². The van der Waals surface area contributed by atoms with Crippen molar-refractivity contribution in [2.45, 2.75) is 13.0 Å². The number of hydrogen-bond acceptors (Lipinski definition) is 2. The summed E-state index contributed by atoms with van der Waals surface area (Å²) in [6, 6.07) is 1.84. The number of halogens is 1. The first-order valence-electron chi connectivity index (χ1n) is 3.99. The number of nitrogens with one attached hydrogen (secondary N) is 1. The fourth-order valence-corrected chi connectivity index (χ4v) is 1.30. The molecule has 0 aromatic carbocycles. The van der Waals surface area contributed by atoms with Crippen molar-refractivity contribution in [3.05, 3.63) is 18.0 Å². The molecule has 1 heterocycles. The fraction of sp³-hybridized carbons (Fsp3) is 0.500. The van der Waals surface area contributed by atoms with Gasteiger partial charge in [-0.3, -0.25) is 9.89 Å². The molecule has 0 aliphatic heterocycles. The number of H-pyrrole nitrogens is 1. The minimum atomic E-state index is -0.0375. The average molecular weight is 246 g/mol. The zero-order valence-electron chi connectivity index (χ0n) is 7.62. The number of carbonyl (C=O) groups excluding carboxylic acids is 1. The molecule has 0 aliphatic rings. The summed E-state index contributed by atoms with van der Waals surface area (Å²) >= 11 is 3.33. The van der Waals surface area contributed by atoms with Crippen molar-refractivity contribution in [3.8, 4) is 0 Å². The van der Waals surface area contributed by atoms with Gasteiger partial charge in [0.1, 0.15) is 5.69 Å². The number of hydrogen-bond donors (Lipinski definition) is 1. The number of aromatic nitrogens is 2. The highest BCUT2D eigenvalue weighted by molar-refractivity contribution is 9.09. The maximum atomic E-state index is 11.6. The molecule has 0 saturated heterocycles. The number of alkyl halides is 1. The highest BCUT2D eigenvalue weighted by atomic mass is 79.9. The van der Waals surface area contributed by atoms with Gasteiger partial charge in [0, 0.05) is 24.6 Å². The van der Waals surface area contributed by atoms with E-state index in [1.165, 1.54) is 0 Å². The van der Waals surface area contributed by atoms with Crippen LogP contribution in [-0.4, -0.2) is 39.4 Å². The van der Waals surface area contributed by atoms with Crippen LogP contribution >= 0.6 is 15.9 Å². The summed E-state index contributed by atoms with van der Waals surface area (Å²) in [5, 5.41) is 7.13. The zero-order chi connectivity index (χ0) is 9.84. The zero-order valence-corrected chi connectivity index (χ0v) is 9.21. The van der Waals surface area contributed by atoms with Gasteiger partial charge in [0.05, 0.1) is 0 Å². The molecular weight excluding hydrogens is 234 g/mol. The molecule has 4 nitrogen and oxygen atoms in total. The topological polar surface area (TPSA) is 49.0 Å². The molecule has 0 spiro atoms. The smallest absolute Gasteiger partial charge is 0.271 e. The lowest BCUT2D eigenvalue weighted by atomic mass is 10.3. The van der Waals surface area contributed by atoms with Gasteiger partial charge in [-0.15, -0.1) is 0 Å². The molecule has 0 radical (unpaired) electrons. The van der Waals surface area contributed by atoms with E-state index in [9.17, 15) is 4.79 Å². The standard InChI is InChI=1S/C8H12BrN3O/c1-6(5-9)12(2)8(13)7-3-4-10-11-7/h3-4,6H,5H2,1-2H3,(H,10,11). The highest BCUT2D eigenvalue weighted by Gasteiger charge is 2.16. The lowest BCUT2D eigenvalue weighted by molar-refractivity contribution is 0.0752. The van der Waals surface area contributed by atoms with E-state index in [-0.39, 0.29) is 11.9 Å². The highest BCUT2D eigenvalue weighted by Crippen LogP contribution is 2.04. The number of rotatable bonds is 3. The average Bonchev–Trinajstić information content (AvgIpc) is 2.67. The van der Waals surface area contributed by atoms with Gasteiger partial charge in [0.2, 0.25) is 0 Å². The Hall–Kier alpha value is -0.840. The van der Waals surface area contributed by atoms with Gasteiger partial charge in [0.25, 0.3) is 5.91 Å². The first kappa shape index (κ1) is 10.2. The van der Waals surface area contributed by atoms with Crippen molar-refractivity contribution in [1.82, 2.24) is 15.1 Å². The van der Waals surface area contributed by atoms with Crippen molar-refractivity contribution in [2.75, 3.05) is 12.4 Å². The summed E-state index contributed by atoms with van der Waals surface area (Å²) in [7, 11) is 1.77. The predicted octanol–water partition coefficient (Wildman–Crippen LogP) is 1.27. The second-order valence-corrected chi connectivity index (χ2v) is 3.54. The van der Waals surface area contributed by atoms with Crippen LogP contribution in [0.3, 0.4) is 0 Å². The Labute approximate surface area is 85.4 Å². The second-order valence-electron chi connectivity index (χ2n) is 2.89. The monoisotopic (exact) mass is 245 g/mol. The molecule has 5 heteroatoms. The summed E-state index contributed by atoms with van der Waals surface area (Å²) in [4.78, 5) is 13.3. The van der Waals surface area contributed by atoms with Gasteiger partial charge in [-0.25, -0.2) is 0 Å². The van der Waals surface area contributed by atoms with Crippen LogP contribution in [-0.2, 0) is 0 Å². The number of amides is 1. The third-order valence-electron chi connectivity index (χ3n) is 1.94. The van der Waals surface area contributed by atoms with Crippen LogP contribution < -0.4 is 0 Å². The van der Waals surface area contributed by atoms with Crippen LogP contribution in [0, 0.1) is 0 Å². The van der Waals surface area contributed by atoms with Gasteiger partial charge in [-0.1, -0.05) is 15.9 Å². The Balaban J connectivity index is 2.68. The molecule has 0 bridgehead atoms. The number of carbonyl (C=O) groups is 1. The summed E-state index contributed by atoms with van der Waals surface area (Å²) in [6.45, 7) is 1.98. The van der Waals surface area contributed by atoms with Crippen LogP contribution in [0.15, 0.2) is 12.3 Å². The van der Waals surface area contributed by atoms with Crippen LogP contribution in [0.25, 0.3) is 0 Å².